The van der Waals surface area contributed by atoms with Crippen LogP contribution in [-0.2, 0) is 4.79 Å². The van der Waals surface area contributed by atoms with Gasteiger partial charge in [-0.3, -0.25) is 9.59 Å². The van der Waals surface area contributed by atoms with Gasteiger partial charge < -0.3 is 4.98 Å². The van der Waals surface area contributed by atoms with Crippen molar-refractivity contribution in [3.63, 3.8) is 0 Å². The number of aromatic amines is 1. The molecule has 0 unspecified atom stereocenters. The number of Topliss-reactive ketones (excluding diaryl/α,β-unsaturated/α-hetero) is 1. The van der Waals surface area contributed by atoms with Gasteiger partial charge in [-0.25, -0.2) is 9.97 Å². The van der Waals surface area contributed by atoms with Gasteiger partial charge in [0.05, 0.1) is 10.7 Å². The lowest BCUT2D eigenvalue weighted by Gasteiger charge is -2.01. The van der Waals surface area contributed by atoms with Crippen molar-refractivity contribution >= 4 is 50.5 Å². The number of benzene rings is 1. The van der Waals surface area contributed by atoms with Crippen LogP contribution in [0.4, 0.5) is 0 Å². The van der Waals surface area contributed by atoms with Crippen molar-refractivity contribution in [1.82, 2.24) is 15.0 Å². The van der Waals surface area contributed by atoms with Gasteiger partial charge in [-0.1, -0.05) is 11.6 Å². The molecule has 0 aliphatic carbocycles. The van der Waals surface area contributed by atoms with Gasteiger partial charge in [0.15, 0.2) is 6.29 Å². The molecule has 21 heavy (non-hydrogen) atoms. The number of carbonyl (C=O) groups is 2. The van der Waals surface area contributed by atoms with Crippen LogP contribution in [-0.4, -0.2) is 27.0 Å². The minimum absolute atomic E-state index is 0.188. The normalized spacial score (nSPS) is 10.8. The molecule has 0 radical (unpaired) electrons. The Hall–Kier alpha value is -2.05. The van der Waals surface area contributed by atoms with E-state index in [4.69, 9.17) is 11.6 Å². The van der Waals surface area contributed by atoms with Crippen molar-refractivity contribution in [3.8, 4) is 11.3 Å². The fourth-order valence-corrected chi connectivity index (χ4v) is 2.64. The van der Waals surface area contributed by atoms with E-state index in [9.17, 15) is 9.59 Å². The number of aldehydes is 1. The van der Waals surface area contributed by atoms with E-state index < -0.39 is 5.78 Å². The maximum atomic E-state index is 11.9. The van der Waals surface area contributed by atoms with Crippen LogP contribution < -0.4 is 0 Å². The Bertz CT molecular complexity index is 862. The molecule has 3 aromatic rings. The average molecular weight is 365 g/mol. The maximum absolute atomic E-state index is 11.9. The van der Waals surface area contributed by atoms with Crippen molar-refractivity contribution in [2.24, 2.45) is 0 Å². The van der Waals surface area contributed by atoms with Crippen LogP contribution in [0.25, 0.3) is 22.2 Å². The van der Waals surface area contributed by atoms with Gasteiger partial charge >= 0.3 is 0 Å². The zero-order chi connectivity index (χ0) is 15.0. The smallest absolute Gasteiger partial charge is 0.242 e. The summed E-state index contributed by atoms with van der Waals surface area (Å²) in [6.07, 6.45) is 3.21. The molecule has 2 aromatic heterocycles. The van der Waals surface area contributed by atoms with Gasteiger partial charge in [0.2, 0.25) is 5.78 Å². The molecule has 1 aromatic carbocycles. The zero-order valence-corrected chi connectivity index (χ0v) is 12.8. The Balaban J connectivity index is 2.40. The van der Waals surface area contributed by atoms with E-state index in [0.29, 0.717) is 31.7 Å². The van der Waals surface area contributed by atoms with E-state index in [1.165, 1.54) is 6.33 Å². The lowest BCUT2D eigenvalue weighted by atomic mass is 10.1. The first-order valence-electron chi connectivity index (χ1n) is 5.88. The zero-order valence-electron chi connectivity index (χ0n) is 10.4. The summed E-state index contributed by atoms with van der Waals surface area (Å²) in [4.78, 5) is 33.7. The number of carbonyl (C=O) groups excluding carboxylic acids is 2. The molecular formula is C14H7BrClN3O2. The molecule has 7 heteroatoms. The molecule has 0 saturated heterocycles. The summed E-state index contributed by atoms with van der Waals surface area (Å²) in [5.74, 6) is -0.646. The number of hydrogen-bond donors (Lipinski definition) is 1. The number of ketones is 1. The quantitative estimate of drug-likeness (QED) is 0.439. The summed E-state index contributed by atoms with van der Waals surface area (Å²) in [5, 5.41) is 1.22. The molecule has 2 heterocycles. The minimum atomic E-state index is -0.646. The minimum Gasteiger partial charge on any atom is -0.351 e. The fraction of sp³-hybridized carbons (Fsp3) is 0. The standard InChI is InChI=1S/C14H7BrClN3O2/c15-8-4-11-7(3-9(8)16)13(10-1-2-17-6-18-10)14(19-11)12(21)5-20/h1-6,19H. The predicted molar refractivity (Wildman–Crippen MR) is 82.4 cm³/mol. The van der Waals surface area contributed by atoms with E-state index >= 15 is 0 Å². The van der Waals surface area contributed by atoms with Crippen LogP contribution in [0.5, 0.6) is 0 Å². The topological polar surface area (TPSA) is 75.7 Å². The van der Waals surface area contributed by atoms with Gasteiger partial charge in [0.25, 0.3) is 0 Å². The van der Waals surface area contributed by atoms with Crippen molar-refractivity contribution in [1.29, 1.82) is 0 Å². The van der Waals surface area contributed by atoms with E-state index in [2.05, 4.69) is 30.9 Å². The van der Waals surface area contributed by atoms with Crippen molar-refractivity contribution < 1.29 is 9.59 Å². The largest absolute Gasteiger partial charge is 0.351 e. The predicted octanol–water partition coefficient (Wildman–Crippen LogP) is 3.42. The molecule has 0 spiro atoms. The third-order valence-electron chi connectivity index (χ3n) is 3.03. The third kappa shape index (κ3) is 2.36. The number of nitrogens with zero attached hydrogens (tertiary/aromatic N) is 2. The van der Waals surface area contributed by atoms with E-state index in [0.717, 1.165) is 0 Å². The molecule has 104 valence electrons. The molecule has 0 aliphatic heterocycles. The molecule has 0 amide bonds. The molecule has 3 rings (SSSR count). The molecule has 0 atom stereocenters. The Labute approximate surface area is 132 Å². The first-order valence-corrected chi connectivity index (χ1v) is 7.05. The molecule has 0 saturated carbocycles. The molecule has 0 fully saturated rings. The number of aromatic nitrogens is 3. The maximum Gasteiger partial charge on any atom is 0.242 e. The van der Waals surface area contributed by atoms with E-state index in [-0.39, 0.29) is 12.0 Å². The Kier molecular flexibility index (Phi) is 3.57. The number of nitrogens with one attached hydrogen (secondary N) is 1. The van der Waals surface area contributed by atoms with Crippen molar-refractivity contribution in [2.45, 2.75) is 0 Å². The second kappa shape index (κ2) is 5.38. The summed E-state index contributed by atoms with van der Waals surface area (Å²) < 4.78 is 0.692. The highest BCUT2D eigenvalue weighted by atomic mass is 79.9. The lowest BCUT2D eigenvalue weighted by Crippen LogP contribution is -2.02. The SMILES string of the molecule is O=CC(=O)c1[nH]c2cc(Br)c(Cl)cc2c1-c1ccncn1. The van der Waals surface area contributed by atoms with E-state index in [1.54, 1.807) is 24.4 Å². The summed E-state index contributed by atoms with van der Waals surface area (Å²) >= 11 is 9.45. The van der Waals surface area contributed by atoms with Gasteiger partial charge in [-0.05, 0) is 34.1 Å². The number of hydrogen-bond acceptors (Lipinski definition) is 4. The number of H-pyrrole nitrogens is 1. The monoisotopic (exact) mass is 363 g/mol. The average Bonchev–Trinajstić information content (AvgIpc) is 2.86. The Morgan fingerprint density at radius 1 is 1.38 bits per heavy atom. The molecule has 0 bridgehead atoms. The van der Waals surface area contributed by atoms with E-state index in [1.807, 2.05) is 0 Å². The summed E-state index contributed by atoms with van der Waals surface area (Å²) in [7, 11) is 0. The van der Waals surface area contributed by atoms with Crippen LogP contribution >= 0.6 is 27.5 Å². The van der Waals surface area contributed by atoms with Gasteiger partial charge in [0, 0.05) is 27.1 Å². The number of fused-ring (bicyclic) bond motifs is 1. The van der Waals surface area contributed by atoms with Gasteiger partial charge in [-0.2, -0.15) is 0 Å². The van der Waals surface area contributed by atoms with Crippen molar-refractivity contribution in [2.75, 3.05) is 0 Å². The van der Waals surface area contributed by atoms with Crippen LogP contribution in [0, 0.1) is 0 Å². The van der Waals surface area contributed by atoms with Gasteiger partial charge in [-0.15, -0.1) is 0 Å². The number of rotatable bonds is 3. The van der Waals surface area contributed by atoms with Crippen molar-refractivity contribution in [3.05, 3.63) is 45.9 Å². The summed E-state index contributed by atoms with van der Waals surface area (Å²) in [5.41, 5.74) is 1.96. The second-order valence-corrected chi connectivity index (χ2v) is 5.53. The Morgan fingerprint density at radius 2 is 2.19 bits per heavy atom. The number of halogens is 2. The third-order valence-corrected chi connectivity index (χ3v) is 4.23. The second-order valence-electron chi connectivity index (χ2n) is 4.26. The highest BCUT2D eigenvalue weighted by Gasteiger charge is 2.20. The lowest BCUT2D eigenvalue weighted by molar-refractivity contribution is -0.104. The van der Waals surface area contributed by atoms with Crippen LogP contribution in [0.1, 0.15) is 10.5 Å². The molecule has 0 aliphatic rings. The molecular weight excluding hydrogens is 358 g/mol. The van der Waals surface area contributed by atoms with Gasteiger partial charge in [0.1, 0.15) is 12.0 Å². The first-order chi connectivity index (χ1) is 10.1. The first kappa shape index (κ1) is 13.9. The highest BCUT2D eigenvalue weighted by molar-refractivity contribution is 9.10. The fourth-order valence-electron chi connectivity index (χ4n) is 2.14. The molecule has 5 nitrogen and oxygen atoms in total. The van der Waals surface area contributed by atoms with Crippen LogP contribution in [0.2, 0.25) is 5.02 Å². The summed E-state index contributed by atoms with van der Waals surface area (Å²) in [6, 6.07) is 5.14. The Morgan fingerprint density at radius 3 is 2.86 bits per heavy atom. The highest BCUT2D eigenvalue weighted by Crippen LogP contribution is 2.36. The molecule has 1 N–H and O–H groups in total. The van der Waals surface area contributed by atoms with Crippen LogP contribution in [0.3, 0.4) is 0 Å². The van der Waals surface area contributed by atoms with Crippen LogP contribution in [0.15, 0.2) is 35.2 Å². The summed E-state index contributed by atoms with van der Waals surface area (Å²) in [6.45, 7) is 0.